The van der Waals surface area contributed by atoms with Crippen LogP contribution in [0.3, 0.4) is 0 Å². The number of benzene rings is 2. The number of halogens is 1. The molecule has 0 aliphatic rings. The maximum atomic E-state index is 12.1. The number of rotatable bonds is 6. The molecule has 146 valence electrons. The molecule has 0 radical (unpaired) electrons. The summed E-state index contributed by atoms with van der Waals surface area (Å²) in [6.45, 7) is 3.93. The van der Waals surface area contributed by atoms with Gasteiger partial charge in [-0.25, -0.2) is 0 Å². The molecular formula is C21H22ClN3O3. The van der Waals surface area contributed by atoms with E-state index in [0.29, 0.717) is 22.7 Å². The van der Waals surface area contributed by atoms with Crippen LogP contribution in [0.15, 0.2) is 54.6 Å². The van der Waals surface area contributed by atoms with Crippen molar-refractivity contribution in [1.29, 1.82) is 0 Å². The van der Waals surface area contributed by atoms with Crippen LogP contribution in [-0.4, -0.2) is 17.7 Å². The lowest BCUT2D eigenvalue weighted by molar-refractivity contribution is -0.117. The second-order valence-electron chi connectivity index (χ2n) is 6.55. The number of hydrogen-bond acceptors (Lipinski definition) is 3. The molecule has 6 nitrogen and oxygen atoms in total. The van der Waals surface area contributed by atoms with E-state index < -0.39 is 11.8 Å². The van der Waals surface area contributed by atoms with Crippen molar-refractivity contribution in [2.45, 2.75) is 20.3 Å². The van der Waals surface area contributed by atoms with E-state index in [1.165, 1.54) is 6.08 Å². The third-order valence-electron chi connectivity index (χ3n) is 3.62. The summed E-state index contributed by atoms with van der Waals surface area (Å²) >= 11 is 5.80. The Kier molecular flexibility index (Phi) is 7.77. The first-order chi connectivity index (χ1) is 13.3. The van der Waals surface area contributed by atoms with Gasteiger partial charge in [-0.2, -0.15) is 0 Å². The Hall–Kier alpha value is -3.12. The van der Waals surface area contributed by atoms with E-state index >= 15 is 0 Å². The normalized spacial score (nSPS) is 10.7. The fraction of sp³-hybridized carbons (Fsp3) is 0.190. The molecule has 0 unspecified atom stereocenters. The Bertz CT molecular complexity index is 859. The number of hydrogen-bond donors (Lipinski definition) is 3. The fourth-order valence-corrected chi connectivity index (χ4v) is 2.39. The summed E-state index contributed by atoms with van der Waals surface area (Å²) in [7, 11) is 0. The first kappa shape index (κ1) is 21.2. The minimum Gasteiger partial charge on any atom is -0.326 e. The monoisotopic (exact) mass is 399 g/mol. The predicted molar refractivity (Wildman–Crippen MR) is 111 cm³/mol. The zero-order chi connectivity index (χ0) is 20.5. The van der Waals surface area contributed by atoms with Crippen LogP contribution in [0.5, 0.6) is 0 Å². The van der Waals surface area contributed by atoms with Gasteiger partial charge in [0, 0.05) is 28.8 Å². The summed E-state index contributed by atoms with van der Waals surface area (Å²) in [5, 5.41) is 3.38. The fourth-order valence-electron chi connectivity index (χ4n) is 2.27. The number of carbonyl (C=O) groups is 3. The highest BCUT2D eigenvalue weighted by molar-refractivity contribution is 6.30. The highest BCUT2D eigenvalue weighted by atomic mass is 35.5. The predicted octanol–water partition coefficient (Wildman–Crippen LogP) is 3.80. The van der Waals surface area contributed by atoms with Gasteiger partial charge in [-0.05, 0) is 54.0 Å². The van der Waals surface area contributed by atoms with Gasteiger partial charge in [0.05, 0.1) is 0 Å². The zero-order valence-corrected chi connectivity index (χ0v) is 16.4. The van der Waals surface area contributed by atoms with Crippen molar-refractivity contribution in [1.82, 2.24) is 10.9 Å². The van der Waals surface area contributed by atoms with Gasteiger partial charge in [0.25, 0.3) is 11.8 Å². The summed E-state index contributed by atoms with van der Waals surface area (Å²) in [6, 6.07) is 13.4. The van der Waals surface area contributed by atoms with Gasteiger partial charge in [-0.3, -0.25) is 25.2 Å². The molecule has 0 spiro atoms. The lowest BCUT2D eigenvalue weighted by Crippen LogP contribution is -2.40. The van der Waals surface area contributed by atoms with Crippen molar-refractivity contribution in [3.8, 4) is 0 Å². The van der Waals surface area contributed by atoms with E-state index in [1.807, 2.05) is 13.8 Å². The third-order valence-corrected chi connectivity index (χ3v) is 3.87. The Morgan fingerprint density at radius 3 is 2.21 bits per heavy atom. The topological polar surface area (TPSA) is 87.3 Å². The van der Waals surface area contributed by atoms with E-state index in [0.717, 1.165) is 5.56 Å². The van der Waals surface area contributed by atoms with Crippen LogP contribution in [0, 0.1) is 5.92 Å². The smallest absolute Gasteiger partial charge is 0.269 e. The van der Waals surface area contributed by atoms with E-state index in [1.54, 1.807) is 54.6 Å². The molecule has 0 aliphatic carbocycles. The van der Waals surface area contributed by atoms with E-state index in [4.69, 9.17) is 11.6 Å². The average Bonchev–Trinajstić information content (AvgIpc) is 2.65. The minimum absolute atomic E-state index is 0.0769. The van der Waals surface area contributed by atoms with Crippen LogP contribution in [0.25, 0.3) is 6.08 Å². The second-order valence-corrected chi connectivity index (χ2v) is 6.99. The number of hydrazine groups is 1. The molecule has 2 aromatic carbocycles. The summed E-state index contributed by atoms with van der Waals surface area (Å²) in [5.41, 5.74) is 6.41. The van der Waals surface area contributed by atoms with Gasteiger partial charge in [0.15, 0.2) is 0 Å². The summed E-state index contributed by atoms with van der Waals surface area (Å²) in [6.07, 6.45) is 3.33. The summed E-state index contributed by atoms with van der Waals surface area (Å²) in [5.74, 6) is -0.747. The molecule has 0 bridgehead atoms. The number of anilines is 1. The van der Waals surface area contributed by atoms with Crippen molar-refractivity contribution in [2.75, 3.05) is 5.32 Å². The van der Waals surface area contributed by atoms with Crippen molar-refractivity contribution >= 4 is 41.1 Å². The number of nitrogens with one attached hydrogen (secondary N) is 3. The third kappa shape index (κ3) is 7.25. The standard InChI is InChI=1S/C21H22ClN3O3/c1-14(2)13-20(27)23-18-10-6-16(7-11-18)21(28)25-24-19(26)12-5-15-3-8-17(22)9-4-15/h3-12,14H,13H2,1-2H3,(H,23,27)(H,24,26)(H,25,28)/b12-5+. The molecule has 0 atom stereocenters. The van der Waals surface area contributed by atoms with Crippen LogP contribution in [0.2, 0.25) is 5.02 Å². The quantitative estimate of drug-likeness (QED) is 0.510. The number of carbonyl (C=O) groups excluding carboxylic acids is 3. The van der Waals surface area contributed by atoms with Crippen molar-refractivity contribution in [2.24, 2.45) is 5.92 Å². The van der Waals surface area contributed by atoms with Gasteiger partial charge in [0.2, 0.25) is 5.91 Å². The van der Waals surface area contributed by atoms with Crippen molar-refractivity contribution in [3.63, 3.8) is 0 Å². The van der Waals surface area contributed by atoms with Crippen LogP contribution in [-0.2, 0) is 9.59 Å². The van der Waals surface area contributed by atoms with E-state index in [9.17, 15) is 14.4 Å². The molecule has 28 heavy (non-hydrogen) atoms. The lowest BCUT2D eigenvalue weighted by Gasteiger charge is -2.08. The van der Waals surface area contributed by atoms with Crippen LogP contribution in [0.4, 0.5) is 5.69 Å². The first-order valence-corrected chi connectivity index (χ1v) is 9.15. The van der Waals surface area contributed by atoms with Crippen molar-refractivity contribution in [3.05, 3.63) is 70.8 Å². The molecule has 2 rings (SSSR count). The second kappa shape index (κ2) is 10.3. The minimum atomic E-state index is -0.471. The molecule has 0 aromatic heterocycles. The molecule has 0 heterocycles. The molecular weight excluding hydrogens is 378 g/mol. The van der Waals surface area contributed by atoms with Gasteiger partial charge in [-0.15, -0.1) is 0 Å². The molecule has 0 fully saturated rings. The molecule has 3 amide bonds. The molecule has 0 aliphatic heterocycles. The first-order valence-electron chi connectivity index (χ1n) is 8.77. The highest BCUT2D eigenvalue weighted by Crippen LogP contribution is 2.12. The Morgan fingerprint density at radius 2 is 1.61 bits per heavy atom. The van der Waals surface area contributed by atoms with Gasteiger partial charge in [0.1, 0.15) is 0 Å². The van der Waals surface area contributed by atoms with Crippen molar-refractivity contribution < 1.29 is 14.4 Å². The van der Waals surface area contributed by atoms with Crippen LogP contribution in [0.1, 0.15) is 36.2 Å². The van der Waals surface area contributed by atoms with E-state index in [-0.39, 0.29) is 11.8 Å². The lowest BCUT2D eigenvalue weighted by atomic mass is 10.1. The molecule has 0 saturated carbocycles. The molecule has 3 N–H and O–H groups in total. The molecule has 7 heteroatoms. The largest absolute Gasteiger partial charge is 0.326 e. The maximum absolute atomic E-state index is 12.1. The maximum Gasteiger partial charge on any atom is 0.269 e. The number of amides is 3. The van der Waals surface area contributed by atoms with Gasteiger partial charge in [-0.1, -0.05) is 37.6 Å². The van der Waals surface area contributed by atoms with Crippen LogP contribution >= 0.6 is 11.6 Å². The Balaban J connectivity index is 1.82. The SMILES string of the molecule is CC(C)CC(=O)Nc1ccc(C(=O)NNC(=O)/C=C/c2ccc(Cl)cc2)cc1. The zero-order valence-electron chi connectivity index (χ0n) is 15.7. The van der Waals surface area contributed by atoms with Gasteiger partial charge >= 0.3 is 0 Å². The summed E-state index contributed by atoms with van der Waals surface area (Å²) < 4.78 is 0. The van der Waals surface area contributed by atoms with Crippen LogP contribution < -0.4 is 16.2 Å². The van der Waals surface area contributed by atoms with E-state index in [2.05, 4.69) is 16.2 Å². The Labute approximate surface area is 168 Å². The molecule has 2 aromatic rings. The highest BCUT2D eigenvalue weighted by Gasteiger charge is 2.08. The Morgan fingerprint density at radius 1 is 0.964 bits per heavy atom. The molecule has 0 saturated heterocycles. The summed E-state index contributed by atoms with van der Waals surface area (Å²) in [4.78, 5) is 35.6. The van der Waals surface area contributed by atoms with Gasteiger partial charge < -0.3 is 5.32 Å². The average molecular weight is 400 g/mol.